The van der Waals surface area contributed by atoms with Gasteiger partial charge in [0.1, 0.15) is 15.5 Å². The minimum atomic E-state index is -2.90. The van der Waals surface area contributed by atoms with Gasteiger partial charge in [-0.1, -0.05) is 6.07 Å². The summed E-state index contributed by atoms with van der Waals surface area (Å²) in [6.45, 7) is 3.03. The Morgan fingerprint density at radius 2 is 2.17 bits per heavy atom. The number of hydrogen-bond donors (Lipinski definition) is 1. The summed E-state index contributed by atoms with van der Waals surface area (Å²) >= 11 is 0. The molecular weight excluding hydrogens is 250 g/mol. The lowest BCUT2D eigenvalue weighted by Gasteiger charge is -2.05. The fraction of sp³-hybridized carbons (Fsp3) is 0.417. The maximum atomic E-state index is 11.0. The Labute approximate surface area is 107 Å². The van der Waals surface area contributed by atoms with Crippen LogP contribution in [0.1, 0.15) is 11.4 Å². The summed E-state index contributed by atoms with van der Waals surface area (Å²) in [5, 5.41) is 3.14. The van der Waals surface area contributed by atoms with Gasteiger partial charge >= 0.3 is 0 Å². The average Bonchev–Trinajstić information content (AvgIpc) is 2.59. The molecule has 0 atom stereocenters. The number of hydrogen-bond acceptors (Lipinski definition) is 4. The van der Waals surface area contributed by atoms with Crippen LogP contribution >= 0.6 is 0 Å². The van der Waals surface area contributed by atoms with Gasteiger partial charge in [0.15, 0.2) is 0 Å². The molecule has 6 heteroatoms. The third-order valence-corrected chi connectivity index (χ3v) is 3.72. The molecule has 0 saturated heterocycles. The van der Waals surface area contributed by atoms with E-state index in [1.165, 1.54) is 6.26 Å². The van der Waals surface area contributed by atoms with Crippen molar-refractivity contribution in [3.05, 3.63) is 35.8 Å². The van der Waals surface area contributed by atoms with Gasteiger partial charge < -0.3 is 9.72 Å². The average molecular weight is 267 g/mol. The van der Waals surface area contributed by atoms with Gasteiger partial charge in [0.2, 0.25) is 0 Å². The first-order valence-electron chi connectivity index (χ1n) is 5.78. The highest BCUT2D eigenvalue weighted by molar-refractivity contribution is 7.90. The Balaban J connectivity index is 2.06. The van der Waals surface area contributed by atoms with Crippen LogP contribution in [0.4, 0.5) is 0 Å². The van der Waals surface area contributed by atoms with Crippen molar-refractivity contribution in [1.29, 1.82) is 0 Å². The molecule has 0 aliphatic heterocycles. The zero-order valence-corrected chi connectivity index (χ0v) is 11.4. The summed E-state index contributed by atoms with van der Waals surface area (Å²) < 4.78 is 24.0. The first kappa shape index (κ1) is 13.0. The van der Waals surface area contributed by atoms with Crippen molar-refractivity contribution in [3.63, 3.8) is 0 Å². The van der Waals surface area contributed by atoms with Crippen molar-refractivity contribution < 1.29 is 8.42 Å². The number of nitrogens with one attached hydrogen (secondary N) is 1. The van der Waals surface area contributed by atoms with Crippen molar-refractivity contribution >= 4 is 15.5 Å². The van der Waals surface area contributed by atoms with Crippen molar-refractivity contribution in [1.82, 2.24) is 14.7 Å². The van der Waals surface area contributed by atoms with Crippen LogP contribution in [0.5, 0.6) is 0 Å². The van der Waals surface area contributed by atoms with Crippen LogP contribution in [-0.4, -0.2) is 36.4 Å². The number of pyridine rings is 1. The zero-order valence-electron chi connectivity index (χ0n) is 10.5. The predicted octanol–water partition coefficient (Wildman–Crippen LogP) is 0.777. The minimum Gasteiger partial charge on any atom is -0.310 e. The lowest BCUT2D eigenvalue weighted by molar-refractivity contribution is 0.595. The van der Waals surface area contributed by atoms with E-state index in [1.807, 2.05) is 35.7 Å². The molecule has 98 valence electrons. The second-order valence-corrected chi connectivity index (χ2v) is 6.64. The van der Waals surface area contributed by atoms with Crippen LogP contribution in [0.2, 0.25) is 0 Å². The number of sulfone groups is 1. The second kappa shape index (κ2) is 5.07. The number of nitrogens with zero attached hydrogens (tertiary/aromatic N) is 2. The highest BCUT2D eigenvalue weighted by atomic mass is 32.2. The van der Waals surface area contributed by atoms with Crippen molar-refractivity contribution in [3.8, 4) is 0 Å². The van der Waals surface area contributed by atoms with E-state index in [0.29, 0.717) is 13.1 Å². The lowest BCUT2D eigenvalue weighted by atomic mass is 10.3. The summed E-state index contributed by atoms with van der Waals surface area (Å²) in [6.07, 6.45) is 3.21. The molecule has 2 heterocycles. The van der Waals surface area contributed by atoms with E-state index in [-0.39, 0.29) is 5.75 Å². The normalized spacial score (nSPS) is 12.1. The van der Waals surface area contributed by atoms with Crippen LogP contribution in [0.15, 0.2) is 24.4 Å². The van der Waals surface area contributed by atoms with Crippen molar-refractivity contribution in [2.75, 3.05) is 18.6 Å². The molecule has 0 bridgehead atoms. The summed E-state index contributed by atoms with van der Waals surface area (Å²) in [7, 11) is -2.90. The van der Waals surface area contributed by atoms with Crippen LogP contribution in [0.25, 0.3) is 5.65 Å². The fourth-order valence-corrected chi connectivity index (χ4v) is 2.36. The summed E-state index contributed by atoms with van der Waals surface area (Å²) in [6, 6.07) is 5.85. The van der Waals surface area contributed by atoms with E-state index in [2.05, 4.69) is 10.3 Å². The van der Waals surface area contributed by atoms with Crippen LogP contribution in [0, 0.1) is 6.92 Å². The van der Waals surface area contributed by atoms with Gasteiger partial charge in [0.05, 0.1) is 17.1 Å². The Morgan fingerprint density at radius 1 is 1.39 bits per heavy atom. The van der Waals surface area contributed by atoms with E-state index in [0.717, 1.165) is 17.0 Å². The third-order valence-electron chi connectivity index (χ3n) is 2.77. The molecule has 1 N–H and O–H groups in total. The third kappa shape index (κ3) is 3.08. The van der Waals surface area contributed by atoms with Crippen molar-refractivity contribution in [2.45, 2.75) is 13.5 Å². The summed E-state index contributed by atoms with van der Waals surface area (Å²) in [5.41, 5.74) is 2.95. The molecule has 0 fully saturated rings. The maximum Gasteiger partial charge on any atom is 0.148 e. The molecule has 0 unspecified atom stereocenters. The molecule has 0 radical (unpaired) electrons. The topological polar surface area (TPSA) is 63.5 Å². The molecule has 2 aromatic rings. The van der Waals surface area contributed by atoms with Gasteiger partial charge in [-0.3, -0.25) is 0 Å². The van der Waals surface area contributed by atoms with Gasteiger partial charge in [-0.2, -0.15) is 0 Å². The van der Waals surface area contributed by atoms with E-state index in [9.17, 15) is 8.42 Å². The number of aromatic nitrogens is 2. The van der Waals surface area contributed by atoms with Gasteiger partial charge in [0, 0.05) is 25.5 Å². The van der Waals surface area contributed by atoms with Crippen LogP contribution in [0.3, 0.4) is 0 Å². The standard InChI is InChI=1S/C12H17N3O2S/c1-10-11(9-13-6-8-18(2,16)17)15-7-4-3-5-12(15)14-10/h3-5,7,13H,6,8-9H2,1-2H3. The quantitative estimate of drug-likeness (QED) is 0.813. The molecule has 2 rings (SSSR count). The molecule has 0 aliphatic carbocycles. The molecule has 0 saturated carbocycles. The molecule has 5 nitrogen and oxygen atoms in total. The minimum absolute atomic E-state index is 0.156. The molecule has 0 aliphatic rings. The smallest absolute Gasteiger partial charge is 0.148 e. The molecule has 0 aromatic carbocycles. The number of fused-ring (bicyclic) bond motifs is 1. The van der Waals surface area contributed by atoms with Gasteiger partial charge in [0.25, 0.3) is 0 Å². The Bertz CT molecular complexity index is 646. The summed E-state index contributed by atoms with van der Waals surface area (Å²) in [4.78, 5) is 4.45. The highest BCUT2D eigenvalue weighted by Gasteiger charge is 2.08. The van der Waals surface area contributed by atoms with E-state index in [4.69, 9.17) is 0 Å². The zero-order chi connectivity index (χ0) is 13.2. The lowest BCUT2D eigenvalue weighted by Crippen LogP contribution is -2.22. The van der Waals surface area contributed by atoms with E-state index < -0.39 is 9.84 Å². The highest BCUT2D eigenvalue weighted by Crippen LogP contribution is 2.11. The van der Waals surface area contributed by atoms with Gasteiger partial charge in [-0.05, 0) is 19.1 Å². The Hall–Kier alpha value is -1.40. The number of aryl methyl sites for hydroxylation is 1. The first-order chi connectivity index (χ1) is 8.47. The molecule has 0 amide bonds. The van der Waals surface area contributed by atoms with Crippen LogP contribution in [-0.2, 0) is 16.4 Å². The van der Waals surface area contributed by atoms with Gasteiger partial charge in [-0.15, -0.1) is 0 Å². The Kier molecular flexibility index (Phi) is 3.68. The maximum absolute atomic E-state index is 11.0. The Morgan fingerprint density at radius 3 is 2.89 bits per heavy atom. The van der Waals surface area contributed by atoms with Crippen molar-refractivity contribution in [2.24, 2.45) is 0 Å². The second-order valence-electron chi connectivity index (χ2n) is 4.38. The van der Waals surface area contributed by atoms with Gasteiger partial charge in [-0.25, -0.2) is 13.4 Å². The predicted molar refractivity (Wildman–Crippen MR) is 71.3 cm³/mol. The first-order valence-corrected chi connectivity index (χ1v) is 7.84. The SMILES string of the molecule is Cc1nc2ccccn2c1CNCCS(C)(=O)=O. The largest absolute Gasteiger partial charge is 0.310 e. The summed E-state index contributed by atoms with van der Waals surface area (Å²) in [5.74, 6) is 0.156. The fourth-order valence-electron chi connectivity index (χ4n) is 1.84. The monoisotopic (exact) mass is 267 g/mol. The molecule has 2 aromatic heterocycles. The molecule has 18 heavy (non-hydrogen) atoms. The number of rotatable bonds is 5. The molecular formula is C12H17N3O2S. The van der Waals surface area contributed by atoms with E-state index in [1.54, 1.807) is 0 Å². The number of imidazole rings is 1. The van der Waals surface area contributed by atoms with Crippen LogP contribution < -0.4 is 5.32 Å². The molecule has 0 spiro atoms. The van der Waals surface area contributed by atoms with E-state index >= 15 is 0 Å².